The first kappa shape index (κ1) is 17.1. The van der Waals surface area contributed by atoms with E-state index in [4.69, 9.17) is 27.9 Å². The highest BCUT2D eigenvalue weighted by Gasteiger charge is 2.41. The molecule has 1 heterocycles. The van der Waals surface area contributed by atoms with Crippen LogP contribution in [0, 0.1) is 11.8 Å². The molecule has 0 saturated carbocycles. The van der Waals surface area contributed by atoms with E-state index in [1.807, 2.05) is 12.1 Å². The molecule has 2 nitrogen and oxygen atoms in total. The third kappa shape index (κ3) is 3.92. The fourth-order valence-electron chi connectivity index (χ4n) is 3.51. The van der Waals surface area contributed by atoms with Crippen LogP contribution in [0.1, 0.15) is 33.3 Å². The van der Waals surface area contributed by atoms with Crippen LogP contribution in [0.15, 0.2) is 18.2 Å². The summed E-state index contributed by atoms with van der Waals surface area (Å²) >= 11 is 12.1. The molecule has 1 N–H and O–H groups in total. The summed E-state index contributed by atoms with van der Waals surface area (Å²) in [6.45, 7) is 9.75. The highest BCUT2D eigenvalue weighted by atomic mass is 35.5. The van der Waals surface area contributed by atoms with Gasteiger partial charge in [-0.1, -0.05) is 43.1 Å². The van der Waals surface area contributed by atoms with Crippen molar-refractivity contribution in [1.29, 1.82) is 0 Å². The van der Waals surface area contributed by atoms with E-state index in [9.17, 15) is 0 Å². The van der Waals surface area contributed by atoms with Gasteiger partial charge in [0.2, 0.25) is 0 Å². The summed E-state index contributed by atoms with van der Waals surface area (Å²) in [5.41, 5.74) is 1.22. The number of halogens is 2. The summed E-state index contributed by atoms with van der Waals surface area (Å²) in [4.78, 5) is 0. The molecule has 0 aliphatic carbocycles. The highest BCUT2D eigenvalue weighted by molar-refractivity contribution is 6.42. The predicted octanol–water partition coefficient (Wildman–Crippen LogP) is 4.57. The number of ether oxygens (including phenoxy) is 1. The number of benzene rings is 1. The molecule has 5 atom stereocenters. The van der Waals surface area contributed by atoms with Crippen LogP contribution in [0.5, 0.6) is 0 Å². The second-order valence-electron chi connectivity index (χ2n) is 6.10. The van der Waals surface area contributed by atoms with Crippen LogP contribution in [0.2, 0.25) is 10.0 Å². The molecule has 1 fully saturated rings. The van der Waals surface area contributed by atoms with Crippen LogP contribution < -0.4 is 5.32 Å². The lowest BCUT2D eigenvalue weighted by atomic mass is 9.81. The van der Waals surface area contributed by atoms with Crippen LogP contribution >= 0.6 is 23.2 Å². The Labute approximate surface area is 138 Å². The first-order chi connectivity index (χ1) is 9.93. The summed E-state index contributed by atoms with van der Waals surface area (Å²) in [6.07, 6.45) is 1.54. The second kappa shape index (κ2) is 7.32. The smallest absolute Gasteiger partial charge is 0.0597 e. The van der Waals surface area contributed by atoms with Gasteiger partial charge in [0, 0.05) is 12.0 Å². The first-order valence-electron chi connectivity index (χ1n) is 7.76. The number of hydrogen-bond acceptors (Lipinski definition) is 2. The predicted molar refractivity (Wildman–Crippen MR) is 90.3 cm³/mol. The molecular formula is C17H25Cl2NO. The standard InChI is InChI=1S/C17H25Cl2NO/c1-5-20-16(17-10(2)11(3)21-12(17)4)9-13-6-7-14(18)15(19)8-13/h6-8,10-12,16-17,20H,5,9H2,1-4H3. The van der Waals surface area contributed by atoms with Crippen LogP contribution in [0.25, 0.3) is 0 Å². The molecule has 1 aliphatic rings. The molecule has 1 aromatic carbocycles. The fraction of sp³-hybridized carbons (Fsp3) is 0.647. The molecule has 0 amide bonds. The van der Waals surface area contributed by atoms with E-state index in [1.54, 1.807) is 0 Å². The van der Waals surface area contributed by atoms with E-state index in [-0.39, 0.29) is 6.10 Å². The average Bonchev–Trinajstić information content (AvgIpc) is 2.67. The van der Waals surface area contributed by atoms with Gasteiger partial charge in [0.05, 0.1) is 22.3 Å². The van der Waals surface area contributed by atoms with Gasteiger partial charge in [-0.2, -0.15) is 0 Å². The van der Waals surface area contributed by atoms with Crippen molar-refractivity contribution in [3.63, 3.8) is 0 Å². The third-order valence-corrected chi connectivity index (χ3v) is 5.43. The zero-order valence-corrected chi connectivity index (χ0v) is 14.7. The Kier molecular flexibility index (Phi) is 5.96. The SMILES string of the molecule is CCNC(Cc1ccc(Cl)c(Cl)c1)C1C(C)OC(C)C1C. The molecule has 4 heteroatoms. The maximum Gasteiger partial charge on any atom is 0.0597 e. The van der Waals surface area contributed by atoms with Crippen molar-refractivity contribution < 1.29 is 4.74 Å². The van der Waals surface area contributed by atoms with E-state index < -0.39 is 0 Å². The summed E-state index contributed by atoms with van der Waals surface area (Å²) in [5.74, 6) is 1.06. The number of hydrogen-bond donors (Lipinski definition) is 1. The minimum Gasteiger partial charge on any atom is -0.375 e. The quantitative estimate of drug-likeness (QED) is 0.854. The first-order valence-corrected chi connectivity index (χ1v) is 8.52. The molecule has 0 spiro atoms. The molecule has 118 valence electrons. The monoisotopic (exact) mass is 329 g/mol. The molecular weight excluding hydrogens is 305 g/mol. The Morgan fingerprint density at radius 3 is 2.38 bits per heavy atom. The fourth-order valence-corrected chi connectivity index (χ4v) is 3.83. The summed E-state index contributed by atoms with van der Waals surface area (Å²) in [5, 5.41) is 4.87. The van der Waals surface area contributed by atoms with Crippen LogP contribution in [-0.4, -0.2) is 24.8 Å². The Bertz CT molecular complexity index is 480. The Morgan fingerprint density at radius 2 is 1.86 bits per heavy atom. The summed E-state index contributed by atoms with van der Waals surface area (Å²) in [6, 6.07) is 6.31. The molecule has 21 heavy (non-hydrogen) atoms. The summed E-state index contributed by atoms with van der Waals surface area (Å²) in [7, 11) is 0. The van der Waals surface area contributed by atoms with E-state index in [0.29, 0.717) is 34.0 Å². The van der Waals surface area contributed by atoms with Crippen molar-refractivity contribution in [2.45, 2.75) is 52.4 Å². The lowest BCUT2D eigenvalue weighted by molar-refractivity contribution is 0.0476. The van der Waals surface area contributed by atoms with Gasteiger partial charge in [-0.3, -0.25) is 0 Å². The normalized spacial score (nSPS) is 30.6. The number of rotatable bonds is 5. The molecule has 1 saturated heterocycles. The average molecular weight is 330 g/mol. The zero-order valence-electron chi connectivity index (χ0n) is 13.2. The minimum atomic E-state index is 0.279. The zero-order chi connectivity index (χ0) is 15.6. The number of likely N-dealkylation sites (N-methyl/N-ethyl adjacent to an activating group) is 1. The van der Waals surface area contributed by atoms with Crippen molar-refractivity contribution in [2.24, 2.45) is 11.8 Å². The molecule has 1 aromatic rings. The van der Waals surface area contributed by atoms with Gasteiger partial charge < -0.3 is 10.1 Å². The van der Waals surface area contributed by atoms with Gasteiger partial charge in [0.25, 0.3) is 0 Å². The summed E-state index contributed by atoms with van der Waals surface area (Å²) < 4.78 is 6.01. The molecule has 5 unspecified atom stereocenters. The lowest BCUT2D eigenvalue weighted by Gasteiger charge is -2.30. The Balaban J connectivity index is 2.17. The second-order valence-corrected chi connectivity index (χ2v) is 6.91. The Hall–Kier alpha value is -0.280. The molecule has 0 bridgehead atoms. The maximum absolute atomic E-state index is 6.14. The van der Waals surface area contributed by atoms with Crippen molar-refractivity contribution in [2.75, 3.05) is 6.54 Å². The molecule has 1 aliphatic heterocycles. The van der Waals surface area contributed by atoms with Gasteiger partial charge in [0.1, 0.15) is 0 Å². The van der Waals surface area contributed by atoms with Crippen molar-refractivity contribution in [3.05, 3.63) is 33.8 Å². The van der Waals surface area contributed by atoms with E-state index >= 15 is 0 Å². The third-order valence-electron chi connectivity index (χ3n) is 4.69. The van der Waals surface area contributed by atoms with Crippen molar-refractivity contribution in [3.8, 4) is 0 Å². The number of nitrogens with one attached hydrogen (secondary N) is 1. The molecule has 0 radical (unpaired) electrons. The van der Waals surface area contributed by atoms with E-state index in [2.05, 4.69) is 39.1 Å². The van der Waals surface area contributed by atoms with Crippen molar-refractivity contribution >= 4 is 23.2 Å². The topological polar surface area (TPSA) is 21.3 Å². The Morgan fingerprint density at radius 1 is 1.14 bits per heavy atom. The van der Waals surface area contributed by atoms with Crippen LogP contribution in [-0.2, 0) is 11.2 Å². The minimum absolute atomic E-state index is 0.279. The lowest BCUT2D eigenvalue weighted by Crippen LogP contribution is -2.43. The highest BCUT2D eigenvalue weighted by Crippen LogP contribution is 2.36. The van der Waals surface area contributed by atoms with Crippen molar-refractivity contribution in [1.82, 2.24) is 5.32 Å². The molecule has 0 aromatic heterocycles. The maximum atomic E-state index is 6.14. The largest absolute Gasteiger partial charge is 0.375 e. The van der Waals surface area contributed by atoms with E-state index in [0.717, 1.165) is 13.0 Å². The van der Waals surface area contributed by atoms with Gasteiger partial charge >= 0.3 is 0 Å². The van der Waals surface area contributed by atoms with Gasteiger partial charge in [0.15, 0.2) is 0 Å². The van der Waals surface area contributed by atoms with Crippen LogP contribution in [0.4, 0.5) is 0 Å². The van der Waals surface area contributed by atoms with Gasteiger partial charge in [-0.25, -0.2) is 0 Å². The van der Waals surface area contributed by atoms with Gasteiger partial charge in [-0.15, -0.1) is 0 Å². The van der Waals surface area contributed by atoms with E-state index in [1.165, 1.54) is 5.56 Å². The van der Waals surface area contributed by atoms with Crippen LogP contribution in [0.3, 0.4) is 0 Å². The van der Waals surface area contributed by atoms with Gasteiger partial charge in [-0.05, 0) is 50.4 Å². The molecule has 2 rings (SSSR count).